The molecule has 3 atom stereocenters. The van der Waals surface area contributed by atoms with Crippen LogP contribution >= 0.6 is 0 Å². The van der Waals surface area contributed by atoms with E-state index in [-0.39, 0.29) is 0 Å². The molecule has 1 N–H and O–H groups in total. The predicted molar refractivity (Wildman–Crippen MR) is 74.2 cm³/mol. The number of rotatable bonds is 3. The van der Waals surface area contributed by atoms with Gasteiger partial charge in [-0.3, -0.25) is 0 Å². The molecule has 0 aromatic heterocycles. The van der Waals surface area contributed by atoms with Gasteiger partial charge in [0.2, 0.25) is 0 Å². The van der Waals surface area contributed by atoms with Crippen LogP contribution in [0.25, 0.3) is 0 Å². The lowest BCUT2D eigenvalue weighted by atomic mass is 10.1. The van der Waals surface area contributed by atoms with Crippen molar-refractivity contribution < 1.29 is 4.74 Å². The van der Waals surface area contributed by atoms with Crippen LogP contribution in [0.3, 0.4) is 0 Å². The van der Waals surface area contributed by atoms with E-state index in [1.165, 1.54) is 17.7 Å². The Morgan fingerprint density at radius 1 is 1.39 bits per heavy atom. The number of ether oxygens (including phenoxy) is 1. The van der Waals surface area contributed by atoms with Crippen LogP contribution in [0.2, 0.25) is 0 Å². The smallest absolute Gasteiger partial charge is 0.0711 e. The third-order valence-electron chi connectivity index (χ3n) is 4.28. The van der Waals surface area contributed by atoms with Crippen molar-refractivity contribution in [2.75, 3.05) is 25.1 Å². The average Bonchev–Trinajstić information content (AvgIpc) is 2.96. The normalized spacial score (nSPS) is 30.8. The van der Waals surface area contributed by atoms with E-state index in [1.807, 2.05) is 7.11 Å². The van der Waals surface area contributed by atoms with E-state index >= 15 is 0 Å². The van der Waals surface area contributed by atoms with E-state index in [2.05, 4.69) is 41.4 Å². The van der Waals surface area contributed by atoms with E-state index in [9.17, 15) is 0 Å². The first-order valence-electron chi connectivity index (χ1n) is 6.88. The second-order valence-electron chi connectivity index (χ2n) is 5.53. The lowest BCUT2D eigenvalue weighted by Crippen LogP contribution is -2.40. The Hall–Kier alpha value is -1.06. The topological polar surface area (TPSA) is 24.5 Å². The summed E-state index contributed by atoms with van der Waals surface area (Å²) < 4.78 is 5.42. The first-order valence-corrected chi connectivity index (χ1v) is 6.88. The van der Waals surface area contributed by atoms with Gasteiger partial charge in [0.1, 0.15) is 0 Å². The summed E-state index contributed by atoms with van der Waals surface area (Å²) in [5.41, 5.74) is 2.92. The summed E-state index contributed by atoms with van der Waals surface area (Å²) in [6.07, 6.45) is 2.70. The largest absolute Gasteiger partial charge is 0.380 e. The maximum Gasteiger partial charge on any atom is 0.0711 e. The molecule has 0 spiro atoms. The second kappa shape index (κ2) is 4.90. The molecule has 3 heteroatoms. The van der Waals surface area contributed by atoms with Crippen LogP contribution in [-0.4, -0.2) is 38.4 Å². The van der Waals surface area contributed by atoms with Gasteiger partial charge in [0, 0.05) is 38.0 Å². The van der Waals surface area contributed by atoms with Crippen LogP contribution in [0, 0.1) is 0 Å². The van der Waals surface area contributed by atoms with Gasteiger partial charge >= 0.3 is 0 Å². The highest BCUT2D eigenvalue weighted by Crippen LogP contribution is 2.32. The number of fused-ring (bicyclic) bond motifs is 1. The Morgan fingerprint density at radius 3 is 3.00 bits per heavy atom. The average molecular weight is 246 g/mol. The summed E-state index contributed by atoms with van der Waals surface area (Å²) in [6.45, 7) is 4.41. The molecule has 18 heavy (non-hydrogen) atoms. The fourth-order valence-electron chi connectivity index (χ4n) is 3.25. The molecule has 2 heterocycles. The van der Waals surface area contributed by atoms with Crippen molar-refractivity contribution in [3.8, 4) is 0 Å². The number of hydrogen-bond acceptors (Lipinski definition) is 3. The number of nitrogens with zero attached hydrogens (tertiary/aromatic N) is 1. The first kappa shape index (κ1) is 12.0. The number of hydrogen-bond donors (Lipinski definition) is 1. The molecule has 3 nitrogen and oxygen atoms in total. The number of para-hydroxylation sites is 1. The molecule has 0 radical (unpaired) electrons. The molecule has 0 aliphatic carbocycles. The highest BCUT2D eigenvalue weighted by Gasteiger charge is 2.31. The highest BCUT2D eigenvalue weighted by atomic mass is 16.5. The van der Waals surface area contributed by atoms with E-state index in [1.54, 1.807) is 0 Å². The molecule has 0 saturated carbocycles. The lowest BCUT2D eigenvalue weighted by molar-refractivity contribution is 0.117. The summed E-state index contributed by atoms with van der Waals surface area (Å²) in [6, 6.07) is 9.97. The molecule has 1 fully saturated rings. The molecule has 1 aromatic rings. The Balaban J connectivity index is 1.70. The van der Waals surface area contributed by atoms with Crippen molar-refractivity contribution in [2.24, 2.45) is 0 Å². The summed E-state index contributed by atoms with van der Waals surface area (Å²) in [5, 5.41) is 3.57. The summed E-state index contributed by atoms with van der Waals surface area (Å²) in [7, 11) is 1.81. The van der Waals surface area contributed by atoms with Crippen molar-refractivity contribution >= 4 is 5.69 Å². The molecule has 1 aromatic carbocycles. The molecule has 2 aliphatic heterocycles. The Kier molecular flexibility index (Phi) is 3.27. The van der Waals surface area contributed by atoms with Crippen LogP contribution in [0.5, 0.6) is 0 Å². The SMILES string of the molecule is COC1CNC(CN2c3ccccc3CC2C)C1. The van der Waals surface area contributed by atoms with Gasteiger partial charge in [-0.05, 0) is 31.4 Å². The number of anilines is 1. The highest BCUT2D eigenvalue weighted by molar-refractivity contribution is 5.59. The molecule has 3 rings (SSSR count). The van der Waals surface area contributed by atoms with Gasteiger partial charge in [0.25, 0.3) is 0 Å². The second-order valence-corrected chi connectivity index (χ2v) is 5.53. The monoisotopic (exact) mass is 246 g/mol. The van der Waals surface area contributed by atoms with Gasteiger partial charge in [-0.25, -0.2) is 0 Å². The van der Waals surface area contributed by atoms with Crippen LogP contribution in [0.15, 0.2) is 24.3 Å². The van der Waals surface area contributed by atoms with Crippen LogP contribution < -0.4 is 10.2 Å². The Morgan fingerprint density at radius 2 is 2.22 bits per heavy atom. The van der Waals surface area contributed by atoms with Gasteiger partial charge in [-0.2, -0.15) is 0 Å². The van der Waals surface area contributed by atoms with E-state index < -0.39 is 0 Å². The predicted octanol–water partition coefficient (Wildman–Crippen LogP) is 1.81. The third-order valence-corrected chi connectivity index (χ3v) is 4.28. The summed E-state index contributed by atoms with van der Waals surface area (Å²) >= 11 is 0. The van der Waals surface area contributed by atoms with Gasteiger partial charge in [0.15, 0.2) is 0 Å². The molecular weight excluding hydrogens is 224 g/mol. The zero-order valence-corrected chi connectivity index (χ0v) is 11.2. The zero-order valence-electron chi connectivity index (χ0n) is 11.2. The van der Waals surface area contributed by atoms with E-state index in [0.717, 1.165) is 19.5 Å². The van der Waals surface area contributed by atoms with Gasteiger partial charge in [-0.15, -0.1) is 0 Å². The molecular formula is C15H22N2O. The fraction of sp³-hybridized carbons (Fsp3) is 0.600. The molecule has 98 valence electrons. The minimum Gasteiger partial charge on any atom is -0.380 e. The van der Waals surface area contributed by atoms with Crippen molar-refractivity contribution in [2.45, 2.75) is 38.0 Å². The summed E-state index contributed by atoms with van der Waals surface area (Å²) in [4.78, 5) is 2.55. The van der Waals surface area contributed by atoms with Crippen molar-refractivity contribution in [3.05, 3.63) is 29.8 Å². The van der Waals surface area contributed by atoms with Crippen molar-refractivity contribution in [1.29, 1.82) is 0 Å². The maximum absolute atomic E-state index is 5.42. The quantitative estimate of drug-likeness (QED) is 0.880. The minimum atomic E-state index is 0.392. The number of benzene rings is 1. The standard InChI is InChI=1S/C15H22N2O/c1-11-7-12-5-3-4-6-15(12)17(11)10-13-8-14(18-2)9-16-13/h3-6,11,13-14,16H,7-10H2,1-2H3. The minimum absolute atomic E-state index is 0.392. The van der Waals surface area contributed by atoms with Crippen LogP contribution in [0.4, 0.5) is 5.69 Å². The molecule has 1 saturated heterocycles. The van der Waals surface area contributed by atoms with Gasteiger partial charge in [-0.1, -0.05) is 18.2 Å². The molecule has 2 aliphatic rings. The molecule has 0 amide bonds. The van der Waals surface area contributed by atoms with Crippen molar-refractivity contribution in [3.63, 3.8) is 0 Å². The Bertz CT molecular complexity index is 421. The number of nitrogens with one attached hydrogen (secondary N) is 1. The van der Waals surface area contributed by atoms with Crippen LogP contribution in [0.1, 0.15) is 18.9 Å². The molecule has 3 unspecified atom stereocenters. The lowest BCUT2D eigenvalue weighted by Gasteiger charge is -2.28. The molecule has 0 bridgehead atoms. The van der Waals surface area contributed by atoms with E-state index in [4.69, 9.17) is 4.74 Å². The van der Waals surface area contributed by atoms with Crippen LogP contribution in [-0.2, 0) is 11.2 Å². The van der Waals surface area contributed by atoms with Gasteiger partial charge in [0.05, 0.1) is 6.10 Å². The summed E-state index contributed by atoms with van der Waals surface area (Å²) in [5.74, 6) is 0. The fourth-order valence-corrected chi connectivity index (χ4v) is 3.25. The third kappa shape index (κ3) is 2.13. The maximum atomic E-state index is 5.42. The van der Waals surface area contributed by atoms with E-state index in [0.29, 0.717) is 18.2 Å². The van der Waals surface area contributed by atoms with Gasteiger partial charge < -0.3 is 15.0 Å². The van der Waals surface area contributed by atoms with Crippen molar-refractivity contribution in [1.82, 2.24) is 5.32 Å². The number of methoxy groups -OCH3 is 1. The Labute approximate surface area is 109 Å². The zero-order chi connectivity index (χ0) is 12.5. The first-order chi connectivity index (χ1) is 8.78.